The molecule has 0 saturated carbocycles. The van der Waals surface area contributed by atoms with Crippen molar-refractivity contribution in [1.29, 1.82) is 0 Å². The van der Waals surface area contributed by atoms with E-state index in [2.05, 4.69) is 32.0 Å². The lowest BCUT2D eigenvalue weighted by Gasteiger charge is -2.15. The summed E-state index contributed by atoms with van der Waals surface area (Å²) in [6.45, 7) is 4.01. The van der Waals surface area contributed by atoms with Gasteiger partial charge in [0.1, 0.15) is 6.10 Å². The first-order valence-electron chi connectivity index (χ1n) is 6.62. The third-order valence-corrected chi connectivity index (χ3v) is 4.17. The zero-order valence-corrected chi connectivity index (χ0v) is 13.3. The fourth-order valence-electron chi connectivity index (χ4n) is 2.63. The summed E-state index contributed by atoms with van der Waals surface area (Å²) in [6.07, 6.45) is -0.749. The van der Waals surface area contributed by atoms with E-state index in [9.17, 15) is 9.90 Å². The van der Waals surface area contributed by atoms with Crippen LogP contribution in [0.2, 0.25) is 0 Å². The van der Waals surface area contributed by atoms with Crippen LogP contribution in [0.25, 0.3) is 11.0 Å². The second kappa shape index (κ2) is 5.16. The molecule has 2 aromatic carbocycles. The van der Waals surface area contributed by atoms with E-state index >= 15 is 0 Å². The van der Waals surface area contributed by atoms with E-state index in [-0.39, 0.29) is 5.69 Å². The molecular formula is C16H15BrN2O2. The average Bonchev–Trinajstić information content (AvgIpc) is 2.75. The van der Waals surface area contributed by atoms with Crippen molar-refractivity contribution in [3.05, 3.63) is 67.5 Å². The van der Waals surface area contributed by atoms with E-state index < -0.39 is 6.10 Å². The summed E-state index contributed by atoms with van der Waals surface area (Å²) in [5, 5.41) is 10.7. The van der Waals surface area contributed by atoms with Crippen molar-refractivity contribution in [2.75, 3.05) is 0 Å². The molecule has 3 rings (SSSR count). The van der Waals surface area contributed by atoms with Crippen molar-refractivity contribution >= 4 is 27.0 Å². The Balaban J connectivity index is 2.13. The molecule has 0 radical (unpaired) electrons. The van der Waals surface area contributed by atoms with Gasteiger partial charge >= 0.3 is 5.69 Å². The highest BCUT2D eigenvalue weighted by Crippen LogP contribution is 2.31. The highest BCUT2D eigenvalue weighted by atomic mass is 79.9. The van der Waals surface area contributed by atoms with Crippen LogP contribution in [0.1, 0.15) is 28.4 Å². The van der Waals surface area contributed by atoms with Gasteiger partial charge in [-0.1, -0.05) is 45.3 Å². The third-order valence-electron chi connectivity index (χ3n) is 3.49. The summed E-state index contributed by atoms with van der Waals surface area (Å²) < 4.78 is 0.761. The van der Waals surface area contributed by atoms with E-state index in [1.165, 1.54) is 0 Å². The summed E-state index contributed by atoms with van der Waals surface area (Å²) in [6, 6.07) is 9.59. The Morgan fingerprint density at radius 2 is 1.57 bits per heavy atom. The highest BCUT2D eigenvalue weighted by molar-refractivity contribution is 9.10. The van der Waals surface area contributed by atoms with Crippen LogP contribution in [0.4, 0.5) is 0 Å². The van der Waals surface area contributed by atoms with Crippen LogP contribution >= 0.6 is 15.9 Å². The van der Waals surface area contributed by atoms with Gasteiger partial charge in [-0.3, -0.25) is 0 Å². The molecule has 1 unspecified atom stereocenters. The van der Waals surface area contributed by atoms with E-state index in [4.69, 9.17) is 0 Å². The zero-order chi connectivity index (χ0) is 15.1. The van der Waals surface area contributed by atoms with Crippen LogP contribution in [0.5, 0.6) is 0 Å². The Bertz CT molecular complexity index is 859. The molecule has 0 bridgehead atoms. The fraction of sp³-hybridized carbons (Fsp3) is 0.188. The van der Waals surface area contributed by atoms with E-state index in [0.29, 0.717) is 11.0 Å². The Hall–Kier alpha value is -1.85. The van der Waals surface area contributed by atoms with Crippen molar-refractivity contribution in [2.24, 2.45) is 0 Å². The van der Waals surface area contributed by atoms with Crippen LogP contribution in [0.15, 0.2) is 39.6 Å². The number of fused-ring (bicyclic) bond motifs is 1. The summed E-state index contributed by atoms with van der Waals surface area (Å²) >= 11 is 3.47. The molecule has 0 aliphatic rings. The number of aryl methyl sites for hydroxylation is 2. The van der Waals surface area contributed by atoms with Gasteiger partial charge in [-0.2, -0.15) is 0 Å². The lowest BCUT2D eigenvalue weighted by Crippen LogP contribution is -2.02. The van der Waals surface area contributed by atoms with Crippen LogP contribution in [-0.4, -0.2) is 15.1 Å². The normalized spacial score (nSPS) is 12.8. The van der Waals surface area contributed by atoms with Gasteiger partial charge in [-0.15, -0.1) is 0 Å². The number of rotatable bonds is 2. The summed E-state index contributed by atoms with van der Waals surface area (Å²) in [7, 11) is 0. The van der Waals surface area contributed by atoms with Gasteiger partial charge in [0.05, 0.1) is 11.0 Å². The van der Waals surface area contributed by atoms with Crippen LogP contribution < -0.4 is 5.69 Å². The molecular weight excluding hydrogens is 332 g/mol. The molecule has 0 amide bonds. The first kappa shape index (κ1) is 14.1. The maximum Gasteiger partial charge on any atom is 0.323 e. The molecule has 1 atom stereocenters. The Morgan fingerprint density at radius 3 is 2.19 bits per heavy atom. The second-order valence-corrected chi connectivity index (χ2v) is 6.18. The van der Waals surface area contributed by atoms with Gasteiger partial charge < -0.3 is 15.1 Å². The number of H-pyrrole nitrogens is 2. The molecule has 4 nitrogen and oxygen atoms in total. The van der Waals surface area contributed by atoms with Gasteiger partial charge in [0.15, 0.2) is 0 Å². The predicted octanol–water partition coefficient (Wildman–Crippen LogP) is 3.32. The number of nitrogens with one attached hydrogen (secondary N) is 2. The standard InChI is InChI=1S/C16H15BrN2O2/c1-8-3-9(2)5-10(4-8)15(20)11-6-13-14(7-12(11)17)19-16(21)18-13/h3-7,15,20H,1-2H3,(H2,18,19,21). The summed E-state index contributed by atoms with van der Waals surface area (Å²) in [4.78, 5) is 16.8. The number of hydrogen-bond donors (Lipinski definition) is 3. The van der Waals surface area contributed by atoms with E-state index in [0.717, 1.165) is 26.7 Å². The maximum atomic E-state index is 11.4. The minimum Gasteiger partial charge on any atom is -0.384 e. The van der Waals surface area contributed by atoms with E-state index in [1.807, 2.05) is 26.0 Å². The highest BCUT2D eigenvalue weighted by Gasteiger charge is 2.16. The van der Waals surface area contributed by atoms with Crippen molar-refractivity contribution in [3.8, 4) is 0 Å². The molecule has 21 heavy (non-hydrogen) atoms. The number of hydrogen-bond acceptors (Lipinski definition) is 2. The van der Waals surface area contributed by atoms with Gasteiger partial charge in [0.25, 0.3) is 0 Å². The second-order valence-electron chi connectivity index (χ2n) is 5.32. The minimum atomic E-state index is -0.749. The molecule has 3 N–H and O–H groups in total. The molecule has 3 aromatic rings. The van der Waals surface area contributed by atoms with Gasteiger partial charge in [0, 0.05) is 10.0 Å². The van der Waals surface area contributed by atoms with Gasteiger partial charge in [-0.25, -0.2) is 4.79 Å². The molecule has 0 aliphatic carbocycles. The average molecular weight is 347 g/mol. The predicted molar refractivity (Wildman–Crippen MR) is 86.6 cm³/mol. The number of benzene rings is 2. The molecule has 1 heterocycles. The van der Waals surface area contributed by atoms with Crippen LogP contribution in [0, 0.1) is 13.8 Å². The number of aromatic amines is 2. The first-order valence-corrected chi connectivity index (χ1v) is 7.41. The van der Waals surface area contributed by atoms with E-state index in [1.54, 1.807) is 12.1 Å². The van der Waals surface area contributed by atoms with Crippen molar-refractivity contribution < 1.29 is 5.11 Å². The smallest absolute Gasteiger partial charge is 0.323 e. The Kier molecular flexibility index (Phi) is 3.47. The topological polar surface area (TPSA) is 68.9 Å². The summed E-state index contributed by atoms with van der Waals surface area (Å²) in [5.41, 5.74) is 4.92. The molecule has 1 aromatic heterocycles. The van der Waals surface area contributed by atoms with Crippen LogP contribution in [0.3, 0.4) is 0 Å². The molecule has 5 heteroatoms. The van der Waals surface area contributed by atoms with Crippen LogP contribution in [-0.2, 0) is 0 Å². The molecule has 0 saturated heterocycles. The zero-order valence-electron chi connectivity index (χ0n) is 11.7. The molecule has 0 spiro atoms. The first-order chi connectivity index (χ1) is 9.94. The number of aliphatic hydroxyl groups is 1. The van der Waals surface area contributed by atoms with Crippen molar-refractivity contribution in [3.63, 3.8) is 0 Å². The van der Waals surface area contributed by atoms with Crippen molar-refractivity contribution in [1.82, 2.24) is 9.97 Å². The fourth-order valence-corrected chi connectivity index (χ4v) is 3.19. The minimum absolute atomic E-state index is 0.255. The Labute approximate surface area is 130 Å². The SMILES string of the molecule is Cc1cc(C)cc(C(O)c2cc3[nH]c(=O)[nH]c3cc2Br)c1. The molecule has 108 valence electrons. The lowest BCUT2D eigenvalue weighted by atomic mass is 9.98. The van der Waals surface area contributed by atoms with Gasteiger partial charge in [0.2, 0.25) is 0 Å². The van der Waals surface area contributed by atoms with Crippen molar-refractivity contribution in [2.45, 2.75) is 20.0 Å². The number of aliphatic hydroxyl groups excluding tert-OH is 1. The monoisotopic (exact) mass is 346 g/mol. The number of halogens is 1. The maximum absolute atomic E-state index is 11.4. The molecule has 0 aliphatic heterocycles. The Morgan fingerprint density at radius 1 is 1.00 bits per heavy atom. The third kappa shape index (κ3) is 2.66. The number of aromatic nitrogens is 2. The summed E-state index contributed by atoms with van der Waals surface area (Å²) in [5.74, 6) is 0. The molecule has 0 fully saturated rings. The quantitative estimate of drug-likeness (QED) is 0.666. The lowest BCUT2D eigenvalue weighted by molar-refractivity contribution is 0.219. The largest absolute Gasteiger partial charge is 0.384 e. The number of imidazole rings is 1. The van der Waals surface area contributed by atoms with Gasteiger partial charge in [-0.05, 0) is 31.5 Å².